The number of allylic oxidation sites excluding steroid dienone is 2. The van der Waals surface area contributed by atoms with Gasteiger partial charge in [0.05, 0.1) is 0 Å². The summed E-state index contributed by atoms with van der Waals surface area (Å²) >= 11 is 0. The van der Waals surface area contributed by atoms with E-state index in [0.717, 1.165) is 12.3 Å². The Hall–Kier alpha value is -0.260. The van der Waals surface area contributed by atoms with E-state index in [0.29, 0.717) is 0 Å². The Morgan fingerprint density at radius 1 is 1.50 bits per heavy atom. The zero-order valence-corrected chi connectivity index (χ0v) is 3.85. The van der Waals surface area contributed by atoms with E-state index in [1.54, 1.807) is 0 Å². The van der Waals surface area contributed by atoms with E-state index in [9.17, 15) is 0 Å². The molecule has 1 aliphatic rings. The Bertz CT molecular complexity index is 56.4. The molecule has 0 aromatic heterocycles. The Kier molecular flexibility index (Phi) is 0.952. The first-order valence-corrected chi connectivity index (χ1v) is 2.41. The maximum Gasteiger partial charge on any atom is -0.00531 e. The molecule has 0 aliphatic heterocycles. The number of hydrogen-bond acceptors (Lipinski definition) is 0. The Labute approximate surface area is 38.9 Å². The van der Waals surface area contributed by atoms with Gasteiger partial charge >= 0.3 is 0 Å². The van der Waals surface area contributed by atoms with E-state index in [2.05, 4.69) is 19.1 Å². The Morgan fingerprint density at radius 3 is 2.33 bits per heavy atom. The summed E-state index contributed by atoms with van der Waals surface area (Å²) in [5.74, 6) is 0.836. The van der Waals surface area contributed by atoms with Crippen LogP contribution in [-0.2, 0) is 0 Å². The molecule has 1 radical (unpaired) electrons. The second-order valence-electron chi connectivity index (χ2n) is 1.69. The van der Waals surface area contributed by atoms with Crippen LogP contribution in [0.25, 0.3) is 0 Å². The second kappa shape index (κ2) is 1.46. The smallest absolute Gasteiger partial charge is 0.00531 e. The molecule has 0 fully saturated rings. The first kappa shape index (κ1) is 3.91. The van der Waals surface area contributed by atoms with Crippen LogP contribution in [0, 0.1) is 12.8 Å². The SMILES string of the molecule is [CH2]CCC1C=C1. The molecule has 0 heteroatoms. The monoisotopic (exact) mass is 81.1 g/mol. The van der Waals surface area contributed by atoms with E-state index >= 15 is 0 Å². The first-order valence-electron chi connectivity index (χ1n) is 2.41. The van der Waals surface area contributed by atoms with E-state index in [4.69, 9.17) is 0 Å². The molecule has 6 heavy (non-hydrogen) atoms. The van der Waals surface area contributed by atoms with Crippen LogP contribution < -0.4 is 0 Å². The highest BCUT2D eigenvalue weighted by molar-refractivity contribution is 5.12. The lowest BCUT2D eigenvalue weighted by molar-refractivity contribution is 0.792. The normalized spacial score (nSPS) is 18.8. The predicted molar refractivity (Wildman–Crippen MR) is 27.2 cm³/mol. The van der Waals surface area contributed by atoms with Gasteiger partial charge in [0.1, 0.15) is 0 Å². The van der Waals surface area contributed by atoms with E-state index < -0.39 is 0 Å². The van der Waals surface area contributed by atoms with Crippen LogP contribution >= 0.6 is 0 Å². The molecule has 0 bridgehead atoms. The van der Waals surface area contributed by atoms with Crippen LogP contribution in [0.15, 0.2) is 12.2 Å². The van der Waals surface area contributed by atoms with Gasteiger partial charge in [0.25, 0.3) is 0 Å². The summed E-state index contributed by atoms with van der Waals surface area (Å²) in [6.07, 6.45) is 6.77. The third kappa shape index (κ3) is 0.852. The van der Waals surface area contributed by atoms with Crippen molar-refractivity contribution in [3.05, 3.63) is 19.1 Å². The first-order chi connectivity index (χ1) is 2.93. The van der Waals surface area contributed by atoms with Gasteiger partial charge in [-0.3, -0.25) is 0 Å². The van der Waals surface area contributed by atoms with Crippen molar-refractivity contribution in [3.8, 4) is 0 Å². The number of rotatable bonds is 2. The molecule has 0 spiro atoms. The fourth-order valence-electron chi connectivity index (χ4n) is 0.507. The molecule has 0 aromatic rings. The third-order valence-electron chi connectivity index (χ3n) is 1.00. The van der Waals surface area contributed by atoms with Crippen molar-refractivity contribution < 1.29 is 0 Å². The molecular formula is C6H9. The quantitative estimate of drug-likeness (QED) is 0.444. The zero-order chi connectivity index (χ0) is 4.41. The van der Waals surface area contributed by atoms with Gasteiger partial charge in [0.2, 0.25) is 0 Å². The third-order valence-corrected chi connectivity index (χ3v) is 1.00. The fourth-order valence-corrected chi connectivity index (χ4v) is 0.507. The highest BCUT2D eigenvalue weighted by Crippen LogP contribution is 2.20. The zero-order valence-electron chi connectivity index (χ0n) is 3.85. The van der Waals surface area contributed by atoms with Gasteiger partial charge in [0.15, 0.2) is 0 Å². The highest BCUT2D eigenvalue weighted by atomic mass is 14.1. The summed E-state index contributed by atoms with van der Waals surface area (Å²) in [7, 11) is 0. The minimum atomic E-state index is 0.836. The average Bonchev–Trinajstić information content (AvgIpc) is 2.21. The van der Waals surface area contributed by atoms with Crippen molar-refractivity contribution in [2.24, 2.45) is 5.92 Å². The molecule has 0 unspecified atom stereocenters. The van der Waals surface area contributed by atoms with E-state index in [1.807, 2.05) is 0 Å². The second-order valence-corrected chi connectivity index (χ2v) is 1.69. The lowest BCUT2D eigenvalue weighted by Gasteiger charge is -1.84. The minimum Gasteiger partial charge on any atom is -0.0810 e. The largest absolute Gasteiger partial charge is 0.0810 e. The van der Waals surface area contributed by atoms with Crippen molar-refractivity contribution in [2.75, 3.05) is 0 Å². The molecule has 0 aromatic carbocycles. The molecule has 1 aliphatic carbocycles. The van der Waals surface area contributed by atoms with Crippen LogP contribution in [0.5, 0.6) is 0 Å². The molecule has 0 nitrogen and oxygen atoms in total. The minimum absolute atomic E-state index is 0.836. The summed E-state index contributed by atoms with van der Waals surface area (Å²) in [5.41, 5.74) is 0. The van der Waals surface area contributed by atoms with E-state index in [-0.39, 0.29) is 0 Å². The highest BCUT2D eigenvalue weighted by Gasteiger charge is 2.06. The van der Waals surface area contributed by atoms with Crippen molar-refractivity contribution >= 4 is 0 Å². The molecule has 0 saturated heterocycles. The van der Waals surface area contributed by atoms with Crippen LogP contribution in [0.2, 0.25) is 0 Å². The van der Waals surface area contributed by atoms with Crippen molar-refractivity contribution in [3.63, 3.8) is 0 Å². The molecule has 33 valence electrons. The molecular weight excluding hydrogens is 72.1 g/mol. The molecule has 0 N–H and O–H groups in total. The van der Waals surface area contributed by atoms with Crippen molar-refractivity contribution in [1.29, 1.82) is 0 Å². The number of hydrogen-bond donors (Lipinski definition) is 0. The maximum atomic E-state index is 3.73. The van der Waals surface area contributed by atoms with Crippen LogP contribution in [0.4, 0.5) is 0 Å². The van der Waals surface area contributed by atoms with Crippen LogP contribution in [0.3, 0.4) is 0 Å². The molecule has 1 rings (SSSR count). The summed E-state index contributed by atoms with van der Waals surface area (Å²) in [6, 6.07) is 0. The average molecular weight is 81.1 g/mol. The Balaban J connectivity index is 1.90. The summed E-state index contributed by atoms with van der Waals surface area (Å²) in [4.78, 5) is 0. The molecule has 0 heterocycles. The lowest BCUT2D eigenvalue weighted by atomic mass is 10.2. The van der Waals surface area contributed by atoms with Crippen molar-refractivity contribution in [1.82, 2.24) is 0 Å². The lowest BCUT2D eigenvalue weighted by Crippen LogP contribution is -1.71. The van der Waals surface area contributed by atoms with Gasteiger partial charge in [-0.2, -0.15) is 0 Å². The van der Waals surface area contributed by atoms with Gasteiger partial charge in [-0.1, -0.05) is 25.5 Å². The summed E-state index contributed by atoms with van der Waals surface area (Å²) in [6.45, 7) is 3.73. The molecule has 0 atom stereocenters. The van der Waals surface area contributed by atoms with Crippen LogP contribution in [0.1, 0.15) is 12.8 Å². The summed E-state index contributed by atoms with van der Waals surface area (Å²) < 4.78 is 0. The van der Waals surface area contributed by atoms with Crippen LogP contribution in [-0.4, -0.2) is 0 Å². The Morgan fingerprint density at radius 2 is 2.17 bits per heavy atom. The van der Waals surface area contributed by atoms with Gasteiger partial charge in [-0.15, -0.1) is 0 Å². The fraction of sp³-hybridized carbons (Fsp3) is 0.500. The predicted octanol–water partition coefficient (Wildman–Crippen LogP) is 1.79. The van der Waals surface area contributed by atoms with Gasteiger partial charge in [-0.05, 0) is 12.3 Å². The van der Waals surface area contributed by atoms with Gasteiger partial charge in [-0.25, -0.2) is 0 Å². The summed E-state index contributed by atoms with van der Waals surface area (Å²) in [5, 5.41) is 0. The van der Waals surface area contributed by atoms with Crippen molar-refractivity contribution in [2.45, 2.75) is 12.8 Å². The van der Waals surface area contributed by atoms with Gasteiger partial charge in [0, 0.05) is 0 Å². The van der Waals surface area contributed by atoms with Gasteiger partial charge < -0.3 is 0 Å². The maximum absolute atomic E-state index is 3.73. The van der Waals surface area contributed by atoms with E-state index in [1.165, 1.54) is 6.42 Å². The topological polar surface area (TPSA) is 0 Å². The standard InChI is InChI=1S/C6H9/c1-2-3-6-4-5-6/h4-6H,1-3H2. The molecule has 0 saturated carbocycles. The molecule has 0 amide bonds.